The van der Waals surface area contributed by atoms with E-state index in [1.54, 1.807) is 28.8 Å². The van der Waals surface area contributed by atoms with E-state index in [1.807, 2.05) is 26.0 Å². The van der Waals surface area contributed by atoms with Crippen molar-refractivity contribution >= 4 is 23.1 Å². The van der Waals surface area contributed by atoms with Crippen molar-refractivity contribution in [3.05, 3.63) is 47.8 Å². The molecule has 0 spiro atoms. The zero-order chi connectivity index (χ0) is 20.4. The van der Waals surface area contributed by atoms with E-state index in [2.05, 4.69) is 36.5 Å². The number of piperazine rings is 1. The maximum Gasteiger partial charge on any atom is 0.241 e. The van der Waals surface area contributed by atoms with Gasteiger partial charge in [-0.15, -0.1) is 15.3 Å². The highest BCUT2D eigenvalue weighted by atomic mass is 16.2. The van der Waals surface area contributed by atoms with Gasteiger partial charge < -0.3 is 10.2 Å². The van der Waals surface area contributed by atoms with E-state index in [1.165, 1.54) is 0 Å². The number of carbonyl (C=O) groups excluding carboxylic acids is 1. The lowest BCUT2D eigenvalue weighted by molar-refractivity contribution is -0.120. The summed E-state index contributed by atoms with van der Waals surface area (Å²) in [5, 5.41) is 24.8. The van der Waals surface area contributed by atoms with Gasteiger partial charge in [0.25, 0.3) is 0 Å². The van der Waals surface area contributed by atoms with Gasteiger partial charge in [0.1, 0.15) is 11.9 Å². The Kier molecular flexibility index (Phi) is 5.10. The quantitative estimate of drug-likeness (QED) is 0.719. The maximum atomic E-state index is 12.7. The Bertz CT molecular complexity index is 1080. The van der Waals surface area contributed by atoms with Crippen molar-refractivity contribution < 1.29 is 4.79 Å². The highest BCUT2D eigenvalue weighted by molar-refractivity contribution is 5.95. The number of aromatic nitrogens is 4. The van der Waals surface area contributed by atoms with Crippen molar-refractivity contribution in [3.63, 3.8) is 0 Å². The summed E-state index contributed by atoms with van der Waals surface area (Å²) in [6.45, 7) is 6.80. The average Bonchev–Trinajstić information content (AvgIpc) is 3.14. The largest absolute Gasteiger partial charge is 0.353 e. The summed E-state index contributed by atoms with van der Waals surface area (Å²) in [6, 6.07) is 12.7. The molecular weight excluding hydrogens is 368 g/mol. The zero-order valence-electron chi connectivity index (χ0n) is 16.4. The van der Waals surface area contributed by atoms with Crippen LogP contribution in [0.1, 0.15) is 18.3 Å². The molecule has 1 aromatic carbocycles. The van der Waals surface area contributed by atoms with Gasteiger partial charge in [-0.05, 0) is 38.1 Å². The van der Waals surface area contributed by atoms with E-state index in [0.717, 1.165) is 43.5 Å². The van der Waals surface area contributed by atoms with Gasteiger partial charge >= 0.3 is 0 Å². The molecule has 29 heavy (non-hydrogen) atoms. The van der Waals surface area contributed by atoms with Crippen LogP contribution in [0.4, 0.5) is 11.5 Å². The lowest BCUT2D eigenvalue weighted by Gasteiger charge is -2.37. The second kappa shape index (κ2) is 7.85. The molecule has 0 saturated carbocycles. The summed E-state index contributed by atoms with van der Waals surface area (Å²) in [4.78, 5) is 17.0. The van der Waals surface area contributed by atoms with E-state index in [-0.39, 0.29) is 11.9 Å². The lowest BCUT2D eigenvalue weighted by Crippen LogP contribution is -2.53. The predicted molar refractivity (Wildman–Crippen MR) is 109 cm³/mol. The molecule has 1 atom stereocenters. The highest BCUT2D eigenvalue weighted by Crippen LogP contribution is 2.18. The molecule has 2 aromatic heterocycles. The molecule has 3 heterocycles. The summed E-state index contributed by atoms with van der Waals surface area (Å²) < 4.78 is 1.74. The van der Waals surface area contributed by atoms with Crippen molar-refractivity contribution in [1.29, 1.82) is 5.26 Å². The molecule has 1 saturated heterocycles. The fourth-order valence-corrected chi connectivity index (χ4v) is 3.49. The van der Waals surface area contributed by atoms with Crippen LogP contribution in [-0.4, -0.2) is 62.8 Å². The molecule has 0 radical (unpaired) electrons. The summed E-state index contributed by atoms with van der Waals surface area (Å²) in [5.74, 6) is 1.52. The van der Waals surface area contributed by atoms with Gasteiger partial charge in [0.05, 0.1) is 17.3 Å². The number of anilines is 2. The number of hydrogen-bond donors (Lipinski definition) is 1. The van der Waals surface area contributed by atoms with Gasteiger partial charge in [-0.1, -0.05) is 12.1 Å². The van der Waals surface area contributed by atoms with Crippen LogP contribution in [0.3, 0.4) is 0 Å². The third-order valence-electron chi connectivity index (χ3n) is 5.28. The normalized spacial score (nSPS) is 15.8. The van der Waals surface area contributed by atoms with Crippen molar-refractivity contribution in [2.75, 3.05) is 36.4 Å². The Hall–Kier alpha value is -3.51. The minimum absolute atomic E-state index is 0.110. The third kappa shape index (κ3) is 3.75. The molecule has 1 aliphatic rings. The first-order valence-electron chi connectivity index (χ1n) is 9.55. The van der Waals surface area contributed by atoms with Gasteiger partial charge in [0.2, 0.25) is 5.91 Å². The van der Waals surface area contributed by atoms with Crippen LogP contribution in [0.2, 0.25) is 0 Å². The number of amides is 1. The molecule has 9 heteroatoms. The van der Waals surface area contributed by atoms with Gasteiger partial charge in [0.15, 0.2) is 11.5 Å². The second-order valence-electron chi connectivity index (χ2n) is 7.05. The first-order valence-corrected chi connectivity index (χ1v) is 9.55. The number of nitrogens with zero attached hydrogens (tertiary/aromatic N) is 7. The predicted octanol–water partition coefficient (Wildman–Crippen LogP) is 1.45. The van der Waals surface area contributed by atoms with E-state index >= 15 is 0 Å². The summed E-state index contributed by atoms with van der Waals surface area (Å²) in [6.07, 6.45) is 0. The third-order valence-corrected chi connectivity index (χ3v) is 5.28. The number of carbonyl (C=O) groups is 1. The van der Waals surface area contributed by atoms with Crippen LogP contribution in [0, 0.1) is 18.3 Å². The topological polar surface area (TPSA) is 102 Å². The maximum absolute atomic E-state index is 12.7. The van der Waals surface area contributed by atoms with Crippen molar-refractivity contribution in [3.8, 4) is 6.07 Å². The van der Waals surface area contributed by atoms with Crippen LogP contribution < -0.4 is 10.2 Å². The molecular formula is C20H22N8O. The first kappa shape index (κ1) is 18.8. The van der Waals surface area contributed by atoms with Crippen molar-refractivity contribution in [2.45, 2.75) is 19.9 Å². The monoisotopic (exact) mass is 390 g/mol. The minimum Gasteiger partial charge on any atom is -0.353 e. The molecule has 148 valence electrons. The van der Waals surface area contributed by atoms with E-state index in [0.29, 0.717) is 11.3 Å². The summed E-state index contributed by atoms with van der Waals surface area (Å²) in [7, 11) is 0. The fourth-order valence-electron chi connectivity index (χ4n) is 3.49. The molecule has 1 N–H and O–H groups in total. The molecule has 1 fully saturated rings. The average molecular weight is 390 g/mol. The minimum atomic E-state index is -0.292. The number of nitriles is 1. The number of nitrogens with one attached hydrogen (secondary N) is 1. The Labute approximate surface area is 168 Å². The van der Waals surface area contributed by atoms with Crippen molar-refractivity contribution in [2.24, 2.45) is 0 Å². The lowest BCUT2D eigenvalue weighted by atomic mass is 10.1. The SMILES string of the molecule is Cc1nnc2ccc(N3CCN(C(C)C(=O)Nc4ccccc4C#N)CC3)nn12. The van der Waals surface area contributed by atoms with Crippen LogP contribution >= 0.6 is 0 Å². The number of hydrogen-bond acceptors (Lipinski definition) is 7. The second-order valence-corrected chi connectivity index (χ2v) is 7.05. The van der Waals surface area contributed by atoms with Crippen LogP contribution in [0.25, 0.3) is 5.65 Å². The van der Waals surface area contributed by atoms with E-state index in [4.69, 9.17) is 0 Å². The summed E-state index contributed by atoms with van der Waals surface area (Å²) in [5.41, 5.74) is 1.74. The van der Waals surface area contributed by atoms with Crippen LogP contribution in [0.15, 0.2) is 36.4 Å². The standard InChI is InChI=1S/C20H22N8O/c1-14(20(29)22-17-6-4-3-5-16(17)13-21)26-9-11-27(12-10-26)19-8-7-18-24-23-15(2)28(18)25-19/h3-8,14H,9-12H2,1-2H3,(H,22,29). The zero-order valence-corrected chi connectivity index (χ0v) is 16.4. The van der Waals surface area contributed by atoms with Crippen LogP contribution in [-0.2, 0) is 4.79 Å². The highest BCUT2D eigenvalue weighted by Gasteiger charge is 2.26. The molecule has 0 aliphatic carbocycles. The Morgan fingerprint density at radius 3 is 2.66 bits per heavy atom. The molecule has 0 bridgehead atoms. The number of fused-ring (bicyclic) bond motifs is 1. The molecule has 9 nitrogen and oxygen atoms in total. The Balaban J connectivity index is 1.38. The van der Waals surface area contributed by atoms with Crippen LogP contribution in [0.5, 0.6) is 0 Å². The Morgan fingerprint density at radius 2 is 1.90 bits per heavy atom. The molecule has 1 unspecified atom stereocenters. The van der Waals surface area contributed by atoms with E-state index < -0.39 is 0 Å². The first-order chi connectivity index (χ1) is 14.1. The fraction of sp³-hybridized carbons (Fsp3) is 0.350. The number of para-hydroxylation sites is 1. The molecule has 1 aliphatic heterocycles. The number of aryl methyl sites for hydroxylation is 1. The molecule has 4 rings (SSSR count). The smallest absolute Gasteiger partial charge is 0.241 e. The van der Waals surface area contributed by atoms with Gasteiger partial charge in [-0.25, -0.2) is 0 Å². The van der Waals surface area contributed by atoms with Gasteiger partial charge in [-0.2, -0.15) is 9.78 Å². The molecule has 1 amide bonds. The Morgan fingerprint density at radius 1 is 1.14 bits per heavy atom. The van der Waals surface area contributed by atoms with Gasteiger partial charge in [0, 0.05) is 26.2 Å². The van der Waals surface area contributed by atoms with Gasteiger partial charge in [-0.3, -0.25) is 9.69 Å². The number of benzene rings is 1. The summed E-state index contributed by atoms with van der Waals surface area (Å²) >= 11 is 0. The van der Waals surface area contributed by atoms with Crippen molar-refractivity contribution in [1.82, 2.24) is 24.7 Å². The number of rotatable bonds is 4. The van der Waals surface area contributed by atoms with E-state index in [9.17, 15) is 10.1 Å². The molecule has 3 aromatic rings.